The van der Waals surface area contributed by atoms with E-state index >= 15 is 0 Å². The zero-order chi connectivity index (χ0) is 16.4. The quantitative estimate of drug-likeness (QED) is 0.369. The van der Waals surface area contributed by atoms with E-state index in [1.807, 2.05) is 12.2 Å². The number of rotatable bonds is 10. The molecule has 0 heterocycles. The number of hydrogen-bond acceptors (Lipinski definition) is 1. The second-order valence-corrected chi connectivity index (χ2v) is 5.78. The maximum Gasteiger partial charge on any atom is 0.108 e. The molecular formula is C20H30O. The Hall–Kier alpha value is -1.76. The Morgan fingerprint density at radius 2 is 1.43 bits per heavy atom. The molecule has 2 unspecified atom stereocenters. The van der Waals surface area contributed by atoms with E-state index in [0.717, 1.165) is 29.1 Å². The lowest BCUT2D eigenvalue weighted by atomic mass is 9.91. The van der Waals surface area contributed by atoms with E-state index in [1.165, 1.54) is 18.9 Å². The molecule has 0 aromatic rings. The summed E-state index contributed by atoms with van der Waals surface area (Å²) in [7, 11) is 0. The van der Waals surface area contributed by atoms with Crippen molar-refractivity contribution in [3.63, 3.8) is 0 Å². The van der Waals surface area contributed by atoms with E-state index in [4.69, 9.17) is 5.11 Å². The summed E-state index contributed by atoms with van der Waals surface area (Å²) in [6, 6.07) is 0. The number of allylic oxidation sites excluding steroid dienone is 7. The van der Waals surface area contributed by atoms with Gasteiger partial charge in [0.15, 0.2) is 0 Å². The predicted molar refractivity (Wildman–Crippen MR) is 95.3 cm³/mol. The summed E-state index contributed by atoms with van der Waals surface area (Å²) in [4.78, 5) is 0. The SMILES string of the molecule is C=C(O)/C=C\C(=C)C(=C)/C=C\C(=C)C(C)CCC(C)CC. The molecule has 1 nitrogen and oxygen atoms in total. The molecule has 0 aliphatic heterocycles. The molecule has 0 radical (unpaired) electrons. The summed E-state index contributed by atoms with van der Waals surface area (Å²) in [6.07, 6.45) is 10.8. The molecule has 1 N–H and O–H groups in total. The van der Waals surface area contributed by atoms with Crippen molar-refractivity contribution >= 4 is 0 Å². The van der Waals surface area contributed by atoms with Crippen molar-refractivity contribution in [2.45, 2.75) is 40.0 Å². The van der Waals surface area contributed by atoms with Crippen molar-refractivity contribution in [3.8, 4) is 0 Å². The maximum atomic E-state index is 9.01. The first-order valence-electron chi connectivity index (χ1n) is 7.58. The van der Waals surface area contributed by atoms with Crippen LogP contribution >= 0.6 is 0 Å². The molecule has 0 saturated heterocycles. The van der Waals surface area contributed by atoms with Gasteiger partial charge in [-0.2, -0.15) is 0 Å². The fourth-order valence-electron chi connectivity index (χ4n) is 1.71. The van der Waals surface area contributed by atoms with Crippen LogP contribution in [-0.2, 0) is 0 Å². The van der Waals surface area contributed by atoms with Crippen LogP contribution < -0.4 is 0 Å². The van der Waals surface area contributed by atoms with Gasteiger partial charge in [0.05, 0.1) is 0 Å². The van der Waals surface area contributed by atoms with E-state index in [1.54, 1.807) is 6.08 Å². The summed E-state index contributed by atoms with van der Waals surface area (Å²) in [5.74, 6) is 1.26. The van der Waals surface area contributed by atoms with Gasteiger partial charge in [-0.1, -0.05) is 83.7 Å². The van der Waals surface area contributed by atoms with Crippen LogP contribution in [0.4, 0.5) is 0 Å². The Bertz CT molecular complexity index is 448. The molecule has 0 aliphatic rings. The highest BCUT2D eigenvalue weighted by Gasteiger charge is 2.07. The van der Waals surface area contributed by atoms with Crippen LogP contribution in [0.5, 0.6) is 0 Å². The van der Waals surface area contributed by atoms with Crippen molar-refractivity contribution in [2.24, 2.45) is 11.8 Å². The molecule has 0 aliphatic carbocycles. The highest BCUT2D eigenvalue weighted by Crippen LogP contribution is 2.21. The topological polar surface area (TPSA) is 20.2 Å². The Labute approximate surface area is 130 Å². The summed E-state index contributed by atoms with van der Waals surface area (Å²) in [5.41, 5.74) is 2.67. The first kappa shape index (κ1) is 19.2. The molecule has 2 atom stereocenters. The molecule has 0 bridgehead atoms. The van der Waals surface area contributed by atoms with Crippen molar-refractivity contribution < 1.29 is 5.11 Å². The molecule has 0 saturated carbocycles. The lowest BCUT2D eigenvalue weighted by Gasteiger charge is -2.14. The standard InChI is InChI=1S/C20H30O/c1-8-15(2)9-10-16(3)17(4)11-12-18(5)19(6)13-14-20(7)21/h11-16,21H,4-10H2,1-3H3/b12-11-,14-13-. The lowest BCUT2D eigenvalue weighted by Crippen LogP contribution is -2.00. The molecule has 0 spiro atoms. The second-order valence-electron chi connectivity index (χ2n) is 5.78. The molecule has 0 rings (SSSR count). The highest BCUT2D eigenvalue weighted by molar-refractivity contribution is 5.45. The summed E-state index contributed by atoms with van der Waals surface area (Å²) < 4.78 is 0. The van der Waals surface area contributed by atoms with Gasteiger partial charge in [-0.15, -0.1) is 0 Å². The lowest BCUT2D eigenvalue weighted by molar-refractivity contribution is 0.435. The third-order valence-corrected chi connectivity index (χ3v) is 3.81. The van der Waals surface area contributed by atoms with Gasteiger partial charge < -0.3 is 5.11 Å². The Morgan fingerprint density at radius 1 is 0.905 bits per heavy atom. The normalized spacial score (nSPS) is 14.2. The molecule has 0 aromatic heterocycles. The maximum absolute atomic E-state index is 9.01. The van der Waals surface area contributed by atoms with Crippen LogP contribution in [0.15, 0.2) is 73.1 Å². The van der Waals surface area contributed by atoms with E-state index in [2.05, 4.69) is 47.1 Å². The van der Waals surface area contributed by atoms with Gasteiger partial charge in [-0.25, -0.2) is 0 Å². The van der Waals surface area contributed by atoms with Crippen molar-refractivity contribution in [1.29, 1.82) is 0 Å². The predicted octanol–water partition coefficient (Wildman–Crippen LogP) is 6.30. The largest absolute Gasteiger partial charge is 0.509 e. The minimum absolute atomic E-state index is 0.0102. The second kappa shape index (κ2) is 10.0. The van der Waals surface area contributed by atoms with Crippen LogP contribution in [0, 0.1) is 11.8 Å². The molecule has 21 heavy (non-hydrogen) atoms. The number of aliphatic hydroxyl groups is 1. The van der Waals surface area contributed by atoms with Crippen LogP contribution in [0.25, 0.3) is 0 Å². The summed E-state index contributed by atoms with van der Waals surface area (Å²) in [5, 5.41) is 9.01. The van der Waals surface area contributed by atoms with Gasteiger partial charge in [-0.05, 0) is 35.5 Å². The number of aliphatic hydroxyl groups excluding tert-OH is 1. The van der Waals surface area contributed by atoms with Crippen molar-refractivity contribution in [1.82, 2.24) is 0 Å². The van der Waals surface area contributed by atoms with Crippen LogP contribution in [0.2, 0.25) is 0 Å². The van der Waals surface area contributed by atoms with E-state index < -0.39 is 0 Å². The van der Waals surface area contributed by atoms with E-state index in [9.17, 15) is 0 Å². The van der Waals surface area contributed by atoms with Gasteiger partial charge in [0, 0.05) is 0 Å². The zero-order valence-electron chi connectivity index (χ0n) is 13.9. The third-order valence-electron chi connectivity index (χ3n) is 3.81. The van der Waals surface area contributed by atoms with Gasteiger partial charge in [0.1, 0.15) is 5.76 Å². The molecular weight excluding hydrogens is 256 g/mol. The Morgan fingerprint density at radius 3 is 1.90 bits per heavy atom. The monoisotopic (exact) mass is 286 g/mol. The first-order chi connectivity index (χ1) is 9.77. The fourth-order valence-corrected chi connectivity index (χ4v) is 1.71. The smallest absolute Gasteiger partial charge is 0.108 e. The van der Waals surface area contributed by atoms with Crippen molar-refractivity contribution in [3.05, 3.63) is 73.1 Å². The van der Waals surface area contributed by atoms with Crippen LogP contribution in [-0.4, -0.2) is 5.11 Å². The van der Waals surface area contributed by atoms with Gasteiger partial charge in [0.2, 0.25) is 0 Å². The summed E-state index contributed by atoms with van der Waals surface area (Å²) in [6.45, 7) is 22.1. The van der Waals surface area contributed by atoms with E-state index in [0.29, 0.717) is 5.92 Å². The average molecular weight is 286 g/mol. The van der Waals surface area contributed by atoms with Gasteiger partial charge in [0.25, 0.3) is 0 Å². The first-order valence-corrected chi connectivity index (χ1v) is 7.58. The van der Waals surface area contributed by atoms with Crippen LogP contribution in [0.3, 0.4) is 0 Å². The third kappa shape index (κ3) is 8.91. The molecule has 0 aromatic carbocycles. The van der Waals surface area contributed by atoms with Crippen LogP contribution in [0.1, 0.15) is 40.0 Å². The minimum Gasteiger partial charge on any atom is -0.509 e. The fraction of sp³-hybridized carbons (Fsp3) is 0.400. The van der Waals surface area contributed by atoms with Crippen molar-refractivity contribution in [2.75, 3.05) is 0 Å². The molecule has 116 valence electrons. The molecule has 1 heteroatoms. The summed E-state index contributed by atoms with van der Waals surface area (Å²) >= 11 is 0. The average Bonchev–Trinajstić information content (AvgIpc) is 2.46. The minimum atomic E-state index is 0.0102. The number of hydrogen-bond donors (Lipinski definition) is 1. The Balaban J connectivity index is 4.39. The zero-order valence-corrected chi connectivity index (χ0v) is 13.9. The van der Waals surface area contributed by atoms with E-state index in [-0.39, 0.29) is 5.76 Å². The van der Waals surface area contributed by atoms with Gasteiger partial charge in [-0.3, -0.25) is 0 Å². The molecule has 0 amide bonds. The van der Waals surface area contributed by atoms with Gasteiger partial charge >= 0.3 is 0 Å². The Kier molecular flexibility index (Phi) is 9.20. The molecule has 0 fully saturated rings. The highest BCUT2D eigenvalue weighted by atomic mass is 16.3.